The zero-order valence-corrected chi connectivity index (χ0v) is 9.30. The maximum Gasteiger partial charge on any atom is 0.194 e. The van der Waals surface area contributed by atoms with Crippen LogP contribution in [0, 0.1) is 5.82 Å². The number of ether oxygens (including phenoxy) is 1. The predicted octanol–water partition coefficient (Wildman–Crippen LogP) is 2.36. The Hall–Kier alpha value is -0.810. The van der Waals surface area contributed by atoms with Crippen molar-refractivity contribution in [1.29, 1.82) is 0 Å². The summed E-state index contributed by atoms with van der Waals surface area (Å²) in [7, 11) is 1.30. The molecule has 0 spiro atoms. The van der Waals surface area contributed by atoms with E-state index in [0.29, 0.717) is 10.0 Å². The SMILES string of the molecule is COc1c(O)c(F)cc(Br)c1C(C)O. The molecule has 1 atom stereocenters. The third kappa shape index (κ3) is 1.83. The average Bonchev–Trinajstić information content (AvgIpc) is 2.09. The monoisotopic (exact) mass is 264 g/mol. The van der Waals surface area contributed by atoms with Gasteiger partial charge in [-0.15, -0.1) is 0 Å². The van der Waals surface area contributed by atoms with Gasteiger partial charge in [0.15, 0.2) is 17.3 Å². The van der Waals surface area contributed by atoms with Crippen LogP contribution < -0.4 is 4.74 Å². The van der Waals surface area contributed by atoms with Crippen LogP contribution >= 0.6 is 15.9 Å². The summed E-state index contributed by atoms with van der Waals surface area (Å²) in [6.07, 6.45) is -0.856. The smallest absolute Gasteiger partial charge is 0.194 e. The van der Waals surface area contributed by atoms with E-state index in [0.717, 1.165) is 6.07 Å². The quantitative estimate of drug-likeness (QED) is 0.862. The fourth-order valence-corrected chi connectivity index (χ4v) is 1.91. The van der Waals surface area contributed by atoms with E-state index >= 15 is 0 Å². The Morgan fingerprint density at radius 1 is 1.57 bits per heavy atom. The van der Waals surface area contributed by atoms with Gasteiger partial charge in [0, 0.05) is 10.0 Å². The molecule has 3 nitrogen and oxygen atoms in total. The minimum atomic E-state index is -0.856. The van der Waals surface area contributed by atoms with Gasteiger partial charge in [-0.2, -0.15) is 0 Å². The highest BCUT2D eigenvalue weighted by atomic mass is 79.9. The number of methoxy groups -OCH3 is 1. The first-order valence-corrected chi connectivity index (χ1v) is 4.71. The van der Waals surface area contributed by atoms with E-state index in [2.05, 4.69) is 15.9 Å². The highest BCUT2D eigenvalue weighted by molar-refractivity contribution is 9.10. The molecule has 1 aromatic rings. The molecule has 0 amide bonds. The lowest BCUT2D eigenvalue weighted by Gasteiger charge is -2.14. The molecule has 1 rings (SSSR count). The first-order chi connectivity index (χ1) is 6.49. The van der Waals surface area contributed by atoms with Gasteiger partial charge in [-0.1, -0.05) is 15.9 Å². The Balaban J connectivity index is 3.47. The second kappa shape index (κ2) is 4.14. The van der Waals surface area contributed by atoms with Crippen LogP contribution in [0.3, 0.4) is 0 Å². The topological polar surface area (TPSA) is 49.7 Å². The number of phenolic OH excluding ortho intramolecular Hbond substituents is 1. The number of aliphatic hydroxyl groups is 1. The molecular weight excluding hydrogens is 255 g/mol. The fraction of sp³-hybridized carbons (Fsp3) is 0.333. The summed E-state index contributed by atoms with van der Waals surface area (Å²) in [5.74, 6) is -1.43. The van der Waals surface area contributed by atoms with Crippen molar-refractivity contribution in [3.8, 4) is 11.5 Å². The molecule has 0 aliphatic carbocycles. The van der Waals surface area contributed by atoms with Crippen molar-refractivity contribution in [1.82, 2.24) is 0 Å². The molecule has 78 valence electrons. The second-order valence-corrected chi connectivity index (χ2v) is 3.67. The van der Waals surface area contributed by atoms with Crippen molar-refractivity contribution in [2.24, 2.45) is 0 Å². The van der Waals surface area contributed by atoms with Gasteiger partial charge in [0.25, 0.3) is 0 Å². The molecule has 14 heavy (non-hydrogen) atoms. The summed E-state index contributed by atoms with van der Waals surface area (Å²) in [5, 5.41) is 18.7. The van der Waals surface area contributed by atoms with Crippen molar-refractivity contribution in [3.05, 3.63) is 21.9 Å². The number of halogens is 2. The Kier molecular flexibility index (Phi) is 3.34. The molecule has 0 saturated carbocycles. The summed E-state index contributed by atoms with van der Waals surface area (Å²) >= 11 is 3.08. The minimum Gasteiger partial charge on any atom is -0.502 e. The lowest BCUT2D eigenvalue weighted by molar-refractivity contribution is 0.191. The van der Waals surface area contributed by atoms with Gasteiger partial charge in [-0.05, 0) is 13.0 Å². The predicted molar refractivity (Wildman–Crippen MR) is 53.0 cm³/mol. The van der Waals surface area contributed by atoms with Gasteiger partial charge in [0.2, 0.25) is 0 Å². The van der Waals surface area contributed by atoms with Crippen molar-refractivity contribution in [2.45, 2.75) is 13.0 Å². The Morgan fingerprint density at radius 3 is 2.57 bits per heavy atom. The number of hydrogen-bond donors (Lipinski definition) is 2. The maximum atomic E-state index is 13.0. The summed E-state index contributed by atoms with van der Waals surface area (Å²) in [6.45, 7) is 1.50. The van der Waals surface area contributed by atoms with Crippen LogP contribution in [0.5, 0.6) is 11.5 Å². The molecule has 0 radical (unpaired) electrons. The van der Waals surface area contributed by atoms with Gasteiger partial charge in [0.05, 0.1) is 13.2 Å². The van der Waals surface area contributed by atoms with Crippen LogP contribution in [0.4, 0.5) is 4.39 Å². The number of rotatable bonds is 2. The van der Waals surface area contributed by atoms with E-state index in [1.165, 1.54) is 14.0 Å². The molecule has 1 unspecified atom stereocenters. The average molecular weight is 265 g/mol. The number of aromatic hydroxyl groups is 1. The van der Waals surface area contributed by atoms with Crippen LogP contribution in [0.25, 0.3) is 0 Å². The van der Waals surface area contributed by atoms with Gasteiger partial charge >= 0.3 is 0 Å². The van der Waals surface area contributed by atoms with Crippen LogP contribution in [0.1, 0.15) is 18.6 Å². The highest BCUT2D eigenvalue weighted by Gasteiger charge is 2.20. The molecule has 0 saturated heterocycles. The largest absolute Gasteiger partial charge is 0.502 e. The summed E-state index contributed by atoms with van der Waals surface area (Å²) in [6, 6.07) is 1.08. The van der Waals surface area contributed by atoms with Crippen LogP contribution in [0.15, 0.2) is 10.5 Å². The number of hydrogen-bond acceptors (Lipinski definition) is 3. The molecule has 0 aliphatic heterocycles. The number of aliphatic hydroxyl groups excluding tert-OH is 1. The van der Waals surface area contributed by atoms with Crippen LogP contribution in [-0.2, 0) is 0 Å². The molecule has 0 aromatic heterocycles. The Bertz CT molecular complexity index is 352. The molecular formula is C9H10BrFO3. The third-order valence-electron chi connectivity index (χ3n) is 1.82. The molecule has 0 heterocycles. The van der Waals surface area contributed by atoms with Crippen molar-refractivity contribution < 1.29 is 19.3 Å². The van der Waals surface area contributed by atoms with E-state index in [9.17, 15) is 14.6 Å². The number of phenols is 1. The van der Waals surface area contributed by atoms with Crippen LogP contribution in [0.2, 0.25) is 0 Å². The standard InChI is InChI=1S/C9H10BrFO3/c1-4(12)7-5(10)3-6(11)8(13)9(7)14-2/h3-4,12-13H,1-2H3. The molecule has 0 aliphatic rings. The fourth-order valence-electron chi connectivity index (χ4n) is 1.20. The Labute approximate surface area is 89.3 Å². The third-order valence-corrected chi connectivity index (χ3v) is 2.47. The molecule has 0 bridgehead atoms. The zero-order valence-electron chi connectivity index (χ0n) is 7.71. The highest BCUT2D eigenvalue weighted by Crippen LogP contribution is 2.40. The maximum absolute atomic E-state index is 13.0. The summed E-state index contributed by atoms with van der Waals surface area (Å²) in [4.78, 5) is 0. The van der Waals surface area contributed by atoms with Gasteiger partial charge in [-0.25, -0.2) is 4.39 Å². The van der Waals surface area contributed by atoms with Crippen molar-refractivity contribution in [3.63, 3.8) is 0 Å². The van der Waals surface area contributed by atoms with Gasteiger partial charge in [-0.3, -0.25) is 0 Å². The lowest BCUT2D eigenvalue weighted by atomic mass is 10.1. The van der Waals surface area contributed by atoms with Crippen molar-refractivity contribution >= 4 is 15.9 Å². The number of benzene rings is 1. The second-order valence-electron chi connectivity index (χ2n) is 2.81. The van der Waals surface area contributed by atoms with E-state index in [1.54, 1.807) is 0 Å². The lowest BCUT2D eigenvalue weighted by Crippen LogP contribution is -1.99. The van der Waals surface area contributed by atoms with Gasteiger partial charge in [0.1, 0.15) is 0 Å². The van der Waals surface area contributed by atoms with Gasteiger partial charge < -0.3 is 14.9 Å². The molecule has 0 fully saturated rings. The first kappa shape index (κ1) is 11.3. The van der Waals surface area contributed by atoms with Crippen molar-refractivity contribution in [2.75, 3.05) is 7.11 Å². The summed E-state index contributed by atoms with van der Waals surface area (Å²) in [5.41, 5.74) is 0.325. The summed E-state index contributed by atoms with van der Waals surface area (Å²) < 4.78 is 18.2. The van der Waals surface area contributed by atoms with E-state index in [1.807, 2.05) is 0 Å². The van der Waals surface area contributed by atoms with Crippen LogP contribution in [-0.4, -0.2) is 17.3 Å². The van der Waals surface area contributed by atoms with E-state index < -0.39 is 17.7 Å². The first-order valence-electron chi connectivity index (χ1n) is 3.92. The van der Waals surface area contributed by atoms with E-state index in [4.69, 9.17) is 4.74 Å². The Morgan fingerprint density at radius 2 is 2.14 bits per heavy atom. The zero-order chi connectivity index (χ0) is 10.9. The molecule has 2 N–H and O–H groups in total. The molecule has 1 aromatic carbocycles. The minimum absolute atomic E-state index is 0.0492. The normalized spacial score (nSPS) is 12.6. The van der Waals surface area contributed by atoms with E-state index in [-0.39, 0.29) is 5.75 Å². The molecule has 5 heteroatoms.